The summed E-state index contributed by atoms with van der Waals surface area (Å²) in [7, 11) is 1.06. The summed E-state index contributed by atoms with van der Waals surface area (Å²) in [4.78, 5) is 10.3. The van der Waals surface area contributed by atoms with Crippen molar-refractivity contribution in [2.75, 3.05) is 7.05 Å². The first-order valence-corrected chi connectivity index (χ1v) is 12.8. The number of carbonyl (C=O) groups excluding carboxylic acids is 1. The summed E-state index contributed by atoms with van der Waals surface area (Å²) in [5.41, 5.74) is 5.13. The van der Waals surface area contributed by atoms with Crippen molar-refractivity contribution >= 4 is 51.1 Å². The molecule has 0 saturated heterocycles. The fraction of sp³-hybridized carbons (Fsp3) is 0.600. The number of nitrogens with one attached hydrogen (secondary N) is 1. The number of nitrogens with two attached hydrogens (primary N) is 1. The molecule has 1 unspecified atom stereocenters. The Kier molecular flexibility index (Phi) is 12.7. The summed E-state index contributed by atoms with van der Waals surface area (Å²) in [6, 6.07) is -0.384. The van der Waals surface area contributed by atoms with Crippen LogP contribution in [0.4, 0.5) is 0 Å². The zero-order chi connectivity index (χ0) is 9.44. The second-order valence-electron chi connectivity index (χ2n) is 1.71. The van der Waals surface area contributed by atoms with Crippen molar-refractivity contribution < 1.29 is 12.7 Å². The van der Waals surface area contributed by atoms with Gasteiger partial charge in [-0.2, -0.15) is 0 Å². The molecule has 0 bridgehead atoms. The quantitative estimate of drug-likeness (QED) is 0.617. The first-order chi connectivity index (χ1) is 4.91. The number of carbonyl (C=O) groups is 1. The van der Waals surface area contributed by atoms with E-state index in [1.54, 1.807) is 14.0 Å². The van der Waals surface area contributed by atoms with Crippen molar-refractivity contribution in [3.05, 3.63) is 0 Å². The molecule has 0 radical (unpaired) electrons. The Morgan fingerprint density at radius 1 is 1.73 bits per heavy atom. The van der Waals surface area contributed by atoms with Gasteiger partial charge in [0, 0.05) is 7.05 Å². The van der Waals surface area contributed by atoms with E-state index in [1.165, 1.54) is 0 Å². The van der Waals surface area contributed by atoms with Gasteiger partial charge in [-0.1, -0.05) is 0 Å². The van der Waals surface area contributed by atoms with Gasteiger partial charge in [0.15, 0.2) is 0 Å². The van der Waals surface area contributed by atoms with Crippen molar-refractivity contribution in [2.24, 2.45) is 5.73 Å². The molecular formula is C5H12I2N2OV. The van der Waals surface area contributed by atoms with E-state index < -0.39 is 7.89 Å². The first kappa shape index (κ1) is 14.8. The fourth-order valence-electron chi connectivity index (χ4n) is 0.228. The molecule has 1 amide bonds. The summed E-state index contributed by atoms with van der Waals surface area (Å²) in [5.74, 6) is -0.125. The zero-order valence-corrected chi connectivity index (χ0v) is 12.2. The Hall–Kier alpha value is 1.34. The van der Waals surface area contributed by atoms with Crippen molar-refractivity contribution in [1.29, 1.82) is 0 Å². The minimum atomic E-state index is -0.498. The molecule has 0 spiro atoms. The van der Waals surface area contributed by atoms with Crippen LogP contribution in [-0.4, -0.2) is 24.2 Å². The number of halogens is 2. The minimum absolute atomic E-state index is 0.125. The molecule has 0 saturated carbocycles. The van der Waals surface area contributed by atoms with Gasteiger partial charge in [0.05, 0.1) is 6.04 Å². The third kappa shape index (κ3) is 18.4. The van der Waals surface area contributed by atoms with E-state index in [1.807, 2.05) is 0 Å². The molecule has 0 aromatic carbocycles. The zero-order valence-electron chi connectivity index (χ0n) is 6.47. The van der Waals surface area contributed by atoms with Gasteiger partial charge < -0.3 is 11.1 Å². The maximum absolute atomic E-state index is 10.3. The van der Waals surface area contributed by atoms with Crippen LogP contribution in [0.1, 0.15) is 6.92 Å². The second-order valence-corrected chi connectivity index (χ2v) is 19.9. The number of amides is 1. The van der Waals surface area contributed by atoms with E-state index in [0.29, 0.717) is 0 Å². The van der Waals surface area contributed by atoms with Crippen LogP contribution >= 0.6 is 40.0 Å². The van der Waals surface area contributed by atoms with Gasteiger partial charge in [-0.15, -0.1) is 0 Å². The van der Waals surface area contributed by atoms with Gasteiger partial charge in [-0.25, -0.2) is 0 Å². The van der Waals surface area contributed by atoms with E-state index in [9.17, 15) is 4.79 Å². The summed E-state index contributed by atoms with van der Waals surface area (Å²) >= 11 is 4.73. The number of likely N-dealkylation sites (N-methyl/N-ethyl adjacent to an activating group) is 1. The van der Waals surface area contributed by atoms with Crippen molar-refractivity contribution in [1.82, 2.24) is 5.32 Å². The molecule has 1 atom stereocenters. The molecule has 0 aromatic rings. The summed E-state index contributed by atoms with van der Waals surface area (Å²) in [5, 5.41) is 6.16. The molecule has 3 N–H and O–H groups in total. The third-order valence-electron chi connectivity index (χ3n) is 0.660. The Bertz CT molecular complexity index is 136. The molecule has 11 heavy (non-hydrogen) atoms. The molecule has 0 aliphatic heterocycles. The average Bonchev–Trinajstić information content (AvgIpc) is 1.85. The van der Waals surface area contributed by atoms with Crippen LogP contribution in [0, 0.1) is 0 Å². The van der Waals surface area contributed by atoms with Crippen LogP contribution in [-0.2, 0) is 12.7 Å². The fourth-order valence-corrected chi connectivity index (χ4v) is 0.228. The molecule has 3 nitrogen and oxygen atoms in total. The Labute approximate surface area is 93.7 Å². The summed E-state index contributed by atoms with van der Waals surface area (Å²) in [6.07, 6.45) is 0. The molecule has 0 aromatic heterocycles. The monoisotopic (exact) mass is 421 g/mol. The molecule has 0 rings (SSSR count). The van der Waals surface area contributed by atoms with Crippen LogP contribution < -0.4 is 11.1 Å². The van der Waals surface area contributed by atoms with Gasteiger partial charge in [-0.3, -0.25) is 4.79 Å². The topological polar surface area (TPSA) is 55.1 Å². The van der Waals surface area contributed by atoms with Gasteiger partial charge in [0.25, 0.3) is 0 Å². The van der Waals surface area contributed by atoms with E-state index in [2.05, 4.69) is 50.5 Å². The first-order valence-electron chi connectivity index (χ1n) is 2.81. The van der Waals surface area contributed by atoms with Crippen LogP contribution in [0.3, 0.4) is 0 Å². The van der Waals surface area contributed by atoms with Crippen LogP contribution in [0.2, 0.25) is 0 Å². The summed E-state index contributed by atoms with van der Waals surface area (Å²) in [6.45, 7) is 1.64. The Balaban J connectivity index is 0. The predicted molar refractivity (Wildman–Crippen MR) is 62.9 cm³/mol. The van der Waals surface area contributed by atoms with Crippen molar-refractivity contribution in [3.8, 4) is 0 Å². The predicted octanol–water partition coefficient (Wildman–Crippen LogP) is 0.816. The van der Waals surface area contributed by atoms with Crippen LogP contribution in [0.5, 0.6) is 0 Å². The molecule has 0 heterocycles. The number of rotatable bonds is 1. The average molecular weight is 421 g/mol. The Morgan fingerprint density at radius 2 is 2.00 bits per heavy atom. The van der Waals surface area contributed by atoms with Crippen molar-refractivity contribution in [2.45, 2.75) is 13.0 Å². The molecule has 67 valence electrons. The Morgan fingerprint density at radius 3 is 2.00 bits per heavy atom. The normalized spacial score (nSPS) is 10.6. The van der Waals surface area contributed by atoms with E-state index in [-0.39, 0.29) is 11.9 Å². The molecule has 6 heteroatoms. The standard InChI is InChI=1S/C4H10N2O.CH2.2HI.V/c1-3(5)4(7)6-2;;;;/h3H,5H2,1-2H3,(H,6,7);1H2;2*1H;/q;;;;+2/p-2. The molecule has 0 aliphatic rings. The number of hydrogen-bond donors (Lipinski definition) is 2. The SMILES string of the molecule is CNC(=O)C(C)N.[CH2]=[V]([I])[I]. The van der Waals surface area contributed by atoms with E-state index in [4.69, 9.17) is 5.73 Å². The van der Waals surface area contributed by atoms with Crippen molar-refractivity contribution in [3.63, 3.8) is 0 Å². The van der Waals surface area contributed by atoms with Gasteiger partial charge in [-0.05, 0) is 6.92 Å². The third-order valence-corrected chi connectivity index (χ3v) is 0.660. The van der Waals surface area contributed by atoms with E-state index in [0.717, 1.165) is 0 Å². The van der Waals surface area contributed by atoms with Crippen LogP contribution in [0.15, 0.2) is 0 Å². The second kappa shape index (κ2) is 9.43. The van der Waals surface area contributed by atoms with Gasteiger partial charge >= 0.3 is 53.1 Å². The molecular weight excluding hydrogens is 409 g/mol. The maximum atomic E-state index is 10.3. The summed E-state index contributed by atoms with van der Waals surface area (Å²) < 4.78 is 0. The molecule has 0 aliphatic carbocycles. The molecule has 0 fully saturated rings. The number of hydrogen-bond acceptors (Lipinski definition) is 2. The van der Waals surface area contributed by atoms with E-state index >= 15 is 0 Å². The van der Waals surface area contributed by atoms with Crippen LogP contribution in [0.25, 0.3) is 0 Å². The van der Waals surface area contributed by atoms with Gasteiger partial charge in [0.2, 0.25) is 5.91 Å². The van der Waals surface area contributed by atoms with Gasteiger partial charge in [0.1, 0.15) is 0 Å².